The molecule has 5 unspecified atom stereocenters. The van der Waals surface area contributed by atoms with Crippen molar-refractivity contribution in [3.05, 3.63) is 18.2 Å². The molecule has 0 fully saturated rings. The lowest BCUT2D eigenvalue weighted by molar-refractivity contribution is -0.141. The van der Waals surface area contributed by atoms with Gasteiger partial charge in [-0.1, -0.05) is 13.8 Å². The molecule has 33 heavy (non-hydrogen) atoms. The largest absolute Gasteiger partial charge is 0.481 e. The molecule has 14 nitrogen and oxygen atoms in total. The van der Waals surface area contributed by atoms with E-state index in [0.717, 1.165) is 0 Å². The maximum absolute atomic E-state index is 12.9. The predicted octanol–water partition coefficient (Wildman–Crippen LogP) is -3.27. The summed E-state index contributed by atoms with van der Waals surface area (Å²) in [7, 11) is 0. The summed E-state index contributed by atoms with van der Waals surface area (Å²) in [6, 6.07) is -5.22. The maximum atomic E-state index is 12.9. The first-order valence-corrected chi connectivity index (χ1v) is 10.2. The summed E-state index contributed by atoms with van der Waals surface area (Å²) in [5.74, 6) is -5.17. The summed E-state index contributed by atoms with van der Waals surface area (Å²) in [6.07, 6.45) is 0.572. The quantitative estimate of drug-likeness (QED) is 0.144. The van der Waals surface area contributed by atoms with Crippen molar-refractivity contribution in [1.29, 1.82) is 0 Å². The number of nitrogens with one attached hydrogen (secondary N) is 4. The highest BCUT2D eigenvalue weighted by molar-refractivity contribution is 5.95. The zero-order valence-corrected chi connectivity index (χ0v) is 18.6. The first-order chi connectivity index (χ1) is 15.3. The van der Waals surface area contributed by atoms with Gasteiger partial charge in [0, 0.05) is 18.3 Å². The number of carboxylic acid groups (broad SMARTS) is 1. The number of hydrogen-bond acceptors (Lipinski definition) is 8. The highest BCUT2D eigenvalue weighted by Crippen LogP contribution is 2.05. The van der Waals surface area contributed by atoms with Crippen LogP contribution >= 0.6 is 0 Å². The number of aromatic amines is 1. The minimum Gasteiger partial charge on any atom is -0.481 e. The SMILES string of the molecule is CC(C)C(N)C(=O)NC(Cc1cnc[nH]1)C(=O)NC(C(=O)NC(CC(=O)O)C(N)=O)C(C)O. The van der Waals surface area contributed by atoms with Gasteiger partial charge in [0.1, 0.15) is 18.1 Å². The molecule has 1 heterocycles. The third-order valence-electron chi connectivity index (χ3n) is 4.73. The topological polar surface area (TPSA) is 243 Å². The molecular weight excluding hydrogens is 438 g/mol. The van der Waals surface area contributed by atoms with E-state index in [0.29, 0.717) is 5.69 Å². The van der Waals surface area contributed by atoms with E-state index >= 15 is 0 Å². The van der Waals surface area contributed by atoms with Crippen molar-refractivity contribution in [1.82, 2.24) is 25.9 Å². The second-order valence-corrected chi connectivity index (χ2v) is 7.90. The zero-order valence-electron chi connectivity index (χ0n) is 18.6. The first-order valence-electron chi connectivity index (χ1n) is 10.2. The van der Waals surface area contributed by atoms with Gasteiger partial charge in [0.15, 0.2) is 0 Å². The summed E-state index contributed by atoms with van der Waals surface area (Å²) in [6.45, 7) is 4.67. The number of rotatable bonds is 13. The third kappa shape index (κ3) is 8.86. The van der Waals surface area contributed by atoms with Crippen LogP contribution < -0.4 is 27.4 Å². The molecule has 1 aromatic rings. The van der Waals surface area contributed by atoms with Crippen LogP contribution in [0.4, 0.5) is 0 Å². The molecule has 0 bridgehead atoms. The number of aliphatic hydroxyl groups is 1. The number of carbonyl (C=O) groups excluding carboxylic acids is 4. The molecule has 0 saturated heterocycles. The molecule has 0 aliphatic heterocycles. The van der Waals surface area contributed by atoms with Crippen molar-refractivity contribution >= 4 is 29.6 Å². The molecule has 184 valence electrons. The van der Waals surface area contributed by atoms with Crippen molar-refractivity contribution in [2.75, 3.05) is 0 Å². The van der Waals surface area contributed by atoms with Crippen molar-refractivity contribution < 1.29 is 34.2 Å². The lowest BCUT2D eigenvalue weighted by Gasteiger charge is -2.26. The Labute approximate surface area is 189 Å². The summed E-state index contributed by atoms with van der Waals surface area (Å²) in [5, 5.41) is 25.8. The number of carbonyl (C=O) groups is 5. The Bertz CT molecular complexity index is 842. The van der Waals surface area contributed by atoms with Gasteiger partial charge >= 0.3 is 5.97 Å². The van der Waals surface area contributed by atoms with Crippen molar-refractivity contribution in [3.63, 3.8) is 0 Å². The number of nitrogens with zero attached hydrogens (tertiary/aromatic N) is 1. The van der Waals surface area contributed by atoms with Gasteiger partial charge in [-0.2, -0.15) is 0 Å². The van der Waals surface area contributed by atoms with Crippen LogP contribution in [0.15, 0.2) is 12.5 Å². The normalized spacial score (nSPS) is 15.6. The minimum atomic E-state index is -1.58. The number of primary amides is 1. The van der Waals surface area contributed by atoms with Crippen molar-refractivity contribution in [2.45, 2.75) is 63.9 Å². The molecule has 1 rings (SSSR count). The third-order valence-corrected chi connectivity index (χ3v) is 4.73. The minimum absolute atomic E-state index is 0.0283. The van der Waals surface area contributed by atoms with E-state index in [-0.39, 0.29) is 12.3 Å². The number of carboxylic acids is 1. The number of H-pyrrole nitrogens is 1. The average molecular weight is 469 g/mol. The maximum Gasteiger partial charge on any atom is 0.305 e. The molecule has 0 saturated carbocycles. The van der Waals surface area contributed by atoms with Crippen LogP contribution in [0, 0.1) is 5.92 Å². The van der Waals surface area contributed by atoms with Crippen molar-refractivity contribution in [2.24, 2.45) is 17.4 Å². The smallest absolute Gasteiger partial charge is 0.305 e. The Morgan fingerprint density at radius 3 is 2.09 bits per heavy atom. The van der Waals surface area contributed by atoms with Gasteiger partial charge < -0.3 is 42.6 Å². The monoisotopic (exact) mass is 469 g/mol. The fourth-order valence-corrected chi connectivity index (χ4v) is 2.71. The van der Waals surface area contributed by atoms with E-state index in [1.807, 2.05) is 0 Å². The van der Waals surface area contributed by atoms with Crippen LogP contribution in [0.25, 0.3) is 0 Å². The molecule has 1 aromatic heterocycles. The predicted molar refractivity (Wildman–Crippen MR) is 114 cm³/mol. The Kier molecular flexibility index (Phi) is 10.4. The van der Waals surface area contributed by atoms with Gasteiger partial charge in [0.2, 0.25) is 23.6 Å². The second-order valence-electron chi connectivity index (χ2n) is 7.90. The number of nitrogens with two attached hydrogens (primary N) is 2. The molecule has 0 aliphatic carbocycles. The van der Waals surface area contributed by atoms with Crippen LogP contribution in [0.1, 0.15) is 32.9 Å². The van der Waals surface area contributed by atoms with Crippen molar-refractivity contribution in [3.8, 4) is 0 Å². The number of aromatic nitrogens is 2. The highest BCUT2D eigenvalue weighted by Gasteiger charge is 2.33. The van der Waals surface area contributed by atoms with Gasteiger partial charge in [-0.05, 0) is 12.8 Å². The Balaban J connectivity index is 3.03. The molecular formula is C19H31N7O7. The van der Waals surface area contributed by atoms with Crippen LogP contribution in [0.5, 0.6) is 0 Å². The summed E-state index contributed by atoms with van der Waals surface area (Å²) in [5.41, 5.74) is 11.5. The van der Waals surface area contributed by atoms with Gasteiger partial charge in [-0.3, -0.25) is 24.0 Å². The molecule has 0 aromatic carbocycles. The average Bonchev–Trinajstić information content (AvgIpc) is 3.22. The van der Waals surface area contributed by atoms with Crippen LogP contribution in [-0.4, -0.2) is 80.1 Å². The van der Waals surface area contributed by atoms with E-state index in [4.69, 9.17) is 16.6 Å². The molecule has 0 radical (unpaired) electrons. The second kappa shape index (κ2) is 12.5. The summed E-state index contributed by atoms with van der Waals surface area (Å²) < 4.78 is 0. The Hall–Kier alpha value is -3.52. The highest BCUT2D eigenvalue weighted by atomic mass is 16.4. The van der Waals surface area contributed by atoms with E-state index in [1.54, 1.807) is 13.8 Å². The van der Waals surface area contributed by atoms with Gasteiger partial charge in [-0.25, -0.2) is 4.98 Å². The number of imidazole rings is 1. The molecule has 0 spiro atoms. The van der Waals surface area contributed by atoms with Crippen LogP contribution in [-0.2, 0) is 30.4 Å². The van der Waals surface area contributed by atoms with Gasteiger partial charge in [0.25, 0.3) is 0 Å². The van der Waals surface area contributed by atoms with E-state index in [1.165, 1.54) is 19.4 Å². The fraction of sp³-hybridized carbons (Fsp3) is 0.579. The lowest BCUT2D eigenvalue weighted by Crippen LogP contribution is -2.61. The lowest BCUT2D eigenvalue weighted by atomic mass is 10.0. The number of hydrogen-bond donors (Lipinski definition) is 8. The van der Waals surface area contributed by atoms with E-state index < -0.39 is 66.3 Å². The Morgan fingerprint density at radius 1 is 1.03 bits per heavy atom. The number of aliphatic carboxylic acids is 1. The Morgan fingerprint density at radius 2 is 1.64 bits per heavy atom. The summed E-state index contributed by atoms with van der Waals surface area (Å²) in [4.78, 5) is 66.9. The standard InChI is InChI=1S/C19H31N7O7/c1-8(2)14(20)18(32)25-12(4-10-6-22-7-23-10)17(31)26-15(9(3)27)19(33)24-11(16(21)30)5-13(28)29/h6-9,11-12,14-15,27H,4-5,20H2,1-3H3,(H2,21,30)(H,22,23)(H,24,33)(H,25,32)(H,26,31)(H,28,29). The van der Waals surface area contributed by atoms with Gasteiger partial charge in [0.05, 0.1) is 24.9 Å². The zero-order chi connectivity index (χ0) is 25.3. The molecule has 5 atom stereocenters. The molecule has 4 amide bonds. The molecule has 10 N–H and O–H groups in total. The van der Waals surface area contributed by atoms with E-state index in [9.17, 15) is 29.1 Å². The van der Waals surface area contributed by atoms with Crippen LogP contribution in [0.2, 0.25) is 0 Å². The number of aliphatic hydroxyl groups excluding tert-OH is 1. The number of amides is 4. The first kappa shape index (κ1) is 27.5. The molecule has 14 heteroatoms. The van der Waals surface area contributed by atoms with E-state index in [2.05, 4.69) is 25.9 Å². The fourth-order valence-electron chi connectivity index (χ4n) is 2.71. The van der Waals surface area contributed by atoms with Gasteiger partial charge in [-0.15, -0.1) is 0 Å². The van der Waals surface area contributed by atoms with Crippen LogP contribution in [0.3, 0.4) is 0 Å². The summed E-state index contributed by atoms with van der Waals surface area (Å²) >= 11 is 0. The molecule has 0 aliphatic rings.